The van der Waals surface area contributed by atoms with E-state index < -0.39 is 36.4 Å². The van der Waals surface area contributed by atoms with Gasteiger partial charge in [-0.25, -0.2) is 4.79 Å². The van der Waals surface area contributed by atoms with Crippen LogP contribution in [0.3, 0.4) is 0 Å². The van der Waals surface area contributed by atoms with Crippen LogP contribution in [0.1, 0.15) is 53.4 Å². The minimum atomic E-state index is -2.74. The lowest BCUT2D eigenvalue weighted by Crippen LogP contribution is -2.42. The molecular formula is C21H37NO8. The number of aliphatic hydroxyl groups is 1. The van der Waals surface area contributed by atoms with Gasteiger partial charge < -0.3 is 30.1 Å². The second-order valence-corrected chi connectivity index (χ2v) is 8.95. The Hall–Kier alpha value is -1.71. The van der Waals surface area contributed by atoms with Crippen molar-refractivity contribution in [1.29, 1.82) is 0 Å². The minimum Gasteiger partial charge on any atom is -0.481 e. The van der Waals surface area contributed by atoms with Crippen LogP contribution in [0.25, 0.3) is 0 Å². The Labute approximate surface area is 178 Å². The molecule has 0 spiro atoms. The van der Waals surface area contributed by atoms with Crippen LogP contribution in [0.5, 0.6) is 0 Å². The second kappa shape index (κ2) is 11.1. The first-order valence-corrected chi connectivity index (χ1v) is 10.6. The summed E-state index contributed by atoms with van der Waals surface area (Å²) in [4.78, 5) is 32.9. The molecule has 174 valence electrons. The molecule has 2 fully saturated rings. The van der Waals surface area contributed by atoms with Gasteiger partial charge in [0.2, 0.25) is 0 Å². The molecule has 0 bridgehead atoms. The molecule has 0 aliphatic heterocycles. The predicted molar refractivity (Wildman–Crippen MR) is 109 cm³/mol. The van der Waals surface area contributed by atoms with Crippen molar-refractivity contribution in [2.45, 2.75) is 59.0 Å². The van der Waals surface area contributed by atoms with Crippen LogP contribution in [0.4, 0.5) is 0 Å². The van der Waals surface area contributed by atoms with Gasteiger partial charge in [0.1, 0.15) is 0 Å². The molecule has 9 heteroatoms. The van der Waals surface area contributed by atoms with Crippen LogP contribution in [0.15, 0.2) is 0 Å². The van der Waals surface area contributed by atoms with Crippen LogP contribution < -0.4 is 0 Å². The number of fused-ring (bicyclic) bond motifs is 1. The summed E-state index contributed by atoms with van der Waals surface area (Å²) in [5.41, 5.74) is -2.07. The summed E-state index contributed by atoms with van der Waals surface area (Å²) in [6.07, 6.45) is 0.551. The molecule has 0 saturated heterocycles. The molecule has 0 aromatic rings. The molecule has 3 atom stereocenters. The third-order valence-corrected chi connectivity index (χ3v) is 6.55. The van der Waals surface area contributed by atoms with Crippen molar-refractivity contribution in [3.8, 4) is 0 Å². The van der Waals surface area contributed by atoms with Gasteiger partial charge in [0.25, 0.3) is 0 Å². The van der Waals surface area contributed by atoms with E-state index in [1.807, 2.05) is 0 Å². The van der Waals surface area contributed by atoms with Gasteiger partial charge in [0, 0.05) is 13.2 Å². The average molecular weight is 432 g/mol. The Kier molecular flexibility index (Phi) is 9.71. The van der Waals surface area contributed by atoms with Gasteiger partial charge in [-0.2, -0.15) is 0 Å². The molecule has 9 nitrogen and oxygen atoms in total. The molecule has 0 amide bonds. The van der Waals surface area contributed by atoms with Gasteiger partial charge in [0.05, 0.1) is 19.4 Å². The number of nitrogens with zero attached hydrogens (tertiary/aromatic N) is 1. The molecule has 0 radical (unpaired) electrons. The molecule has 30 heavy (non-hydrogen) atoms. The fourth-order valence-electron chi connectivity index (χ4n) is 4.44. The van der Waals surface area contributed by atoms with Gasteiger partial charge in [-0.3, -0.25) is 9.59 Å². The average Bonchev–Trinajstić information content (AvgIpc) is 2.96. The number of carboxylic acids is 3. The topological polar surface area (TPSA) is 145 Å². The zero-order valence-electron chi connectivity index (χ0n) is 18.5. The zero-order valence-corrected chi connectivity index (χ0v) is 18.5. The van der Waals surface area contributed by atoms with Crippen LogP contribution in [-0.2, 0) is 19.1 Å². The summed E-state index contributed by atoms with van der Waals surface area (Å²) in [5, 5.41) is 33.8. The molecule has 4 N–H and O–H groups in total. The molecule has 0 aromatic carbocycles. The van der Waals surface area contributed by atoms with E-state index in [-0.39, 0.29) is 0 Å². The normalized spacial score (nSPS) is 24.0. The molecule has 1 unspecified atom stereocenters. The van der Waals surface area contributed by atoms with Crippen molar-refractivity contribution in [3.05, 3.63) is 0 Å². The fourth-order valence-corrected chi connectivity index (χ4v) is 4.44. The third-order valence-electron chi connectivity index (χ3n) is 6.55. The van der Waals surface area contributed by atoms with Crippen molar-refractivity contribution >= 4 is 17.9 Å². The highest BCUT2D eigenvalue weighted by Gasteiger charge is 2.61. The van der Waals surface area contributed by atoms with Gasteiger partial charge >= 0.3 is 17.9 Å². The summed E-state index contributed by atoms with van der Waals surface area (Å²) in [7, 11) is 0. The van der Waals surface area contributed by atoms with E-state index in [9.17, 15) is 14.4 Å². The Balaban J connectivity index is 0.000000314. The van der Waals surface area contributed by atoms with Gasteiger partial charge in [-0.1, -0.05) is 27.7 Å². The Morgan fingerprint density at radius 3 is 1.83 bits per heavy atom. The lowest BCUT2D eigenvalue weighted by Gasteiger charge is -2.20. The van der Waals surface area contributed by atoms with E-state index in [0.29, 0.717) is 5.41 Å². The lowest BCUT2D eigenvalue weighted by molar-refractivity contribution is -0.170. The third kappa shape index (κ3) is 7.52. The van der Waals surface area contributed by atoms with Crippen molar-refractivity contribution in [3.63, 3.8) is 0 Å². The minimum absolute atomic E-state index is 0.664. The Morgan fingerprint density at radius 1 is 1.00 bits per heavy atom. The Morgan fingerprint density at radius 2 is 1.47 bits per heavy atom. The van der Waals surface area contributed by atoms with E-state index in [4.69, 9.17) is 25.2 Å². The molecule has 2 aliphatic rings. The van der Waals surface area contributed by atoms with E-state index in [2.05, 4.69) is 32.6 Å². The smallest absolute Gasteiger partial charge is 0.336 e. The standard InChI is InChI=1S/C15H29NO.C6H8O7/c1-5-16(6-2)7-8-17-11-12-9-13-14(10-12)15(13,3)4;7-3(8)1-6(13,5(11)12)2-4(9)10/h12-14H,5-11H2,1-4H3;13H,1-2H2,(H,7,8)(H,9,10)(H,11,12)/t12?,13-,14+;. The first kappa shape index (κ1) is 26.3. The van der Waals surface area contributed by atoms with Crippen molar-refractivity contribution in [2.24, 2.45) is 23.2 Å². The lowest BCUT2D eigenvalue weighted by atomic mass is 9.94. The number of rotatable bonds is 12. The maximum Gasteiger partial charge on any atom is 0.336 e. The predicted octanol–water partition coefficient (Wildman–Crippen LogP) is 1.78. The van der Waals surface area contributed by atoms with Gasteiger partial charge in [-0.15, -0.1) is 0 Å². The number of carbonyl (C=O) groups is 3. The van der Waals surface area contributed by atoms with E-state index in [1.54, 1.807) is 0 Å². The number of ether oxygens (including phenoxy) is 1. The highest BCUT2D eigenvalue weighted by Crippen LogP contribution is 2.68. The van der Waals surface area contributed by atoms with Crippen molar-refractivity contribution in [1.82, 2.24) is 4.90 Å². The summed E-state index contributed by atoms with van der Waals surface area (Å²) in [6.45, 7) is 14.6. The van der Waals surface area contributed by atoms with E-state index in [0.717, 1.165) is 50.6 Å². The fraction of sp³-hybridized carbons (Fsp3) is 0.857. The van der Waals surface area contributed by atoms with Gasteiger partial charge in [-0.05, 0) is 49.1 Å². The summed E-state index contributed by atoms with van der Waals surface area (Å²) in [6, 6.07) is 0. The largest absolute Gasteiger partial charge is 0.481 e. The number of hydrogen-bond donors (Lipinski definition) is 4. The van der Waals surface area contributed by atoms with Crippen LogP contribution in [0.2, 0.25) is 0 Å². The van der Waals surface area contributed by atoms with E-state index in [1.165, 1.54) is 12.8 Å². The number of carboxylic acid groups (broad SMARTS) is 3. The van der Waals surface area contributed by atoms with Crippen LogP contribution >= 0.6 is 0 Å². The van der Waals surface area contributed by atoms with Crippen molar-refractivity contribution in [2.75, 3.05) is 32.8 Å². The summed E-state index contributed by atoms with van der Waals surface area (Å²) >= 11 is 0. The highest BCUT2D eigenvalue weighted by atomic mass is 16.5. The van der Waals surface area contributed by atoms with Crippen LogP contribution in [-0.4, -0.2) is 81.7 Å². The summed E-state index contributed by atoms with van der Waals surface area (Å²) in [5.74, 6) is -2.14. The number of hydrogen-bond acceptors (Lipinski definition) is 6. The zero-order chi connectivity index (χ0) is 23.1. The SMILES string of the molecule is CCN(CC)CCOCC1C[C@@H]2[C@H](C1)C2(C)C.O=C(O)CC(O)(CC(=O)O)C(=O)O. The molecule has 0 aromatic heterocycles. The first-order valence-electron chi connectivity index (χ1n) is 10.6. The van der Waals surface area contributed by atoms with Crippen molar-refractivity contribution < 1.29 is 39.5 Å². The molecule has 2 saturated carbocycles. The monoisotopic (exact) mass is 431 g/mol. The van der Waals surface area contributed by atoms with Gasteiger partial charge in [0.15, 0.2) is 5.60 Å². The molecule has 2 rings (SSSR count). The summed E-state index contributed by atoms with van der Waals surface area (Å²) < 4.78 is 5.85. The maximum atomic E-state index is 10.3. The number of likely N-dealkylation sites (N-methyl/N-ethyl adjacent to an activating group) is 1. The van der Waals surface area contributed by atoms with Crippen LogP contribution in [0, 0.1) is 23.2 Å². The molecular weight excluding hydrogens is 394 g/mol. The molecule has 2 aliphatic carbocycles. The number of aliphatic carboxylic acids is 3. The second-order valence-electron chi connectivity index (χ2n) is 8.95. The molecule has 0 heterocycles. The van der Waals surface area contributed by atoms with E-state index >= 15 is 0 Å². The quantitative estimate of drug-likeness (QED) is 0.340. The Bertz CT molecular complexity index is 572. The maximum absolute atomic E-state index is 10.3. The highest BCUT2D eigenvalue weighted by molar-refractivity contribution is 5.88. The first-order chi connectivity index (χ1) is 13.9.